The van der Waals surface area contributed by atoms with Crippen molar-refractivity contribution in [1.29, 1.82) is 0 Å². The van der Waals surface area contributed by atoms with E-state index in [1.165, 1.54) is 6.07 Å². The van der Waals surface area contributed by atoms with Crippen LogP contribution < -0.4 is 4.74 Å². The van der Waals surface area contributed by atoms with E-state index in [1.807, 2.05) is 13.0 Å². The van der Waals surface area contributed by atoms with Gasteiger partial charge in [0, 0.05) is 18.4 Å². The molecule has 1 saturated heterocycles. The maximum absolute atomic E-state index is 13.7. The summed E-state index contributed by atoms with van der Waals surface area (Å²) < 4.78 is 24.9. The lowest BCUT2D eigenvalue weighted by molar-refractivity contribution is 0.0250. The molecule has 0 radical (unpaired) electrons. The van der Waals surface area contributed by atoms with E-state index in [2.05, 4.69) is 0 Å². The Kier molecular flexibility index (Phi) is 4.37. The van der Waals surface area contributed by atoms with E-state index < -0.39 is 0 Å². The van der Waals surface area contributed by atoms with Crippen LogP contribution in [0.4, 0.5) is 4.39 Å². The van der Waals surface area contributed by atoms with Gasteiger partial charge in [-0.3, -0.25) is 0 Å². The fourth-order valence-electron chi connectivity index (χ4n) is 2.12. The average molecular weight is 238 g/mol. The second-order valence-electron chi connectivity index (χ2n) is 4.40. The van der Waals surface area contributed by atoms with E-state index in [1.54, 1.807) is 6.07 Å². The maximum Gasteiger partial charge on any atom is 0.130 e. The molecule has 1 aliphatic rings. The van der Waals surface area contributed by atoms with Crippen LogP contribution in [0, 0.1) is 5.82 Å². The second-order valence-corrected chi connectivity index (χ2v) is 4.40. The molecule has 2 nitrogen and oxygen atoms in total. The quantitative estimate of drug-likeness (QED) is 0.801. The van der Waals surface area contributed by atoms with Gasteiger partial charge >= 0.3 is 0 Å². The normalized spacial score (nSPS) is 17.1. The molecular formula is C14H19FO2. The third-order valence-electron chi connectivity index (χ3n) is 3.04. The van der Waals surface area contributed by atoms with Crippen LogP contribution in [0.25, 0.3) is 0 Å². The largest absolute Gasteiger partial charge is 0.490 e. The molecule has 1 fully saturated rings. The van der Waals surface area contributed by atoms with Crippen molar-refractivity contribution in [3.8, 4) is 5.75 Å². The predicted molar refractivity (Wildman–Crippen MR) is 64.9 cm³/mol. The summed E-state index contributed by atoms with van der Waals surface area (Å²) in [7, 11) is 0. The van der Waals surface area contributed by atoms with Crippen LogP contribution in [0.2, 0.25) is 0 Å². The first-order valence-electron chi connectivity index (χ1n) is 6.33. The van der Waals surface area contributed by atoms with Gasteiger partial charge in [0.1, 0.15) is 17.7 Å². The van der Waals surface area contributed by atoms with Crippen LogP contribution in [0.3, 0.4) is 0 Å². The van der Waals surface area contributed by atoms with Crippen molar-refractivity contribution in [2.24, 2.45) is 0 Å². The lowest BCUT2D eigenvalue weighted by Gasteiger charge is -2.24. The fraction of sp³-hybridized carbons (Fsp3) is 0.571. The van der Waals surface area contributed by atoms with Crippen molar-refractivity contribution in [2.45, 2.75) is 38.7 Å². The minimum absolute atomic E-state index is 0.156. The van der Waals surface area contributed by atoms with E-state index in [4.69, 9.17) is 9.47 Å². The molecule has 0 bridgehead atoms. The molecule has 0 spiro atoms. The third kappa shape index (κ3) is 3.19. The van der Waals surface area contributed by atoms with Gasteiger partial charge in [0.25, 0.3) is 0 Å². The van der Waals surface area contributed by atoms with Gasteiger partial charge in [0.15, 0.2) is 0 Å². The Morgan fingerprint density at radius 3 is 2.82 bits per heavy atom. The zero-order valence-corrected chi connectivity index (χ0v) is 10.2. The molecule has 0 N–H and O–H groups in total. The lowest BCUT2D eigenvalue weighted by atomic mass is 10.1. The van der Waals surface area contributed by atoms with Crippen molar-refractivity contribution < 1.29 is 13.9 Å². The number of rotatable bonds is 4. The fourth-order valence-corrected chi connectivity index (χ4v) is 2.12. The summed E-state index contributed by atoms with van der Waals surface area (Å²) >= 11 is 0. The summed E-state index contributed by atoms with van der Waals surface area (Å²) in [6.45, 7) is 3.52. The van der Waals surface area contributed by atoms with Crippen molar-refractivity contribution in [3.63, 3.8) is 0 Å². The molecule has 1 aromatic rings. The van der Waals surface area contributed by atoms with E-state index in [9.17, 15) is 4.39 Å². The molecule has 0 saturated carbocycles. The third-order valence-corrected chi connectivity index (χ3v) is 3.04. The minimum Gasteiger partial charge on any atom is -0.490 e. The lowest BCUT2D eigenvalue weighted by Crippen LogP contribution is -2.26. The molecular weight excluding hydrogens is 219 g/mol. The highest BCUT2D eigenvalue weighted by molar-refractivity contribution is 5.35. The Bertz CT molecular complexity index is 359. The molecule has 94 valence electrons. The van der Waals surface area contributed by atoms with Crippen LogP contribution in [-0.2, 0) is 11.2 Å². The van der Waals surface area contributed by atoms with Gasteiger partial charge in [0.05, 0.1) is 13.2 Å². The zero-order chi connectivity index (χ0) is 12.1. The van der Waals surface area contributed by atoms with Crippen LogP contribution >= 0.6 is 0 Å². The zero-order valence-electron chi connectivity index (χ0n) is 10.2. The van der Waals surface area contributed by atoms with Crippen LogP contribution in [-0.4, -0.2) is 19.3 Å². The van der Waals surface area contributed by atoms with Gasteiger partial charge in [-0.1, -0.05) is 19.4 Å². The van der Waals surface area contributed by atoms with Crippen molar-refractivity contribution in [2.75, 3.05) is 13.2 Å². The van der Waals surface area contributed by atoms with E-state index in [0.29, 0.717) is 11.3 Å². The molecule has 3 heteroatoms. The summed E-state index contributed by atoms with van der Waals surface area (Å²) in [5.74, 6) is 0.551. The average Bonchev–Trinajstić information content (AvgIpc) is 2.35. The monoisotopic (exact) mass is 238 g/mol. The van der Waals surface area contributed by atoms with Gasteiger partial charge < -0.3 is 9.47 Å². The summed E-state index contributed by atoms with van der Waals surface area (Å²) in [5.41, 5.74) is 0.710. The number of hydrogen-bond donors (Lipinski definition) is 0. The first-order valence-corrected chi connectivity index (χ1v) is 6.33. The molecule has 17 heavy (non-hydrogen) atoms. The van der Waals surface area contributed by atoms with E-state index >= 15 is 0 Å². The van der Waals surface area contributed by atoms with Gasteiger partial charge in [-0.15, -0.1) is 0 Å². The number of benzene rings is 1. The first kappa shape index (κ1) is 12.4. The number of hydrogen-bond acceptors (Lipinski definition) is 2. The SMILES string of the molecule is CCCc1c(F)cccc1OC1CCOCC1. The predicted octanol–water partition coefficient (Wildman–Crippen LogP) is 3.34. The molecule has 1 aromatic carbocycles. The molecule has 0 aliphatic carbocycles. The molecule has 1 aliphatic heterocycles. The van der Waals surface area contributed by atoms with E-state index in [0.717, 1.165) is 38.9 Å². The summed E-state index contributed by atoms with van der Waals surface area (Å²) in [6, 6.07) is 5.08. The number of ether oxygens (including phenoxy) is 2. The van der Waals surface area contributed by atoms with Crippen LogP contribution in [0.5, 0.6) is 5.75 Å². The Balaban J connectivity index is 2.10. The standard InChI is InChI=1S/C14H19FO2/c1-2-4-12-13(15)5-3-6-14(12)17-11-7-9-16-10-8-11/h3,5-6,11H,2,4,7-10H2,1H3. The highest BCUT2D eigenvalue weighted by Crippen LogP contribution is 2.26. The molecule has 0 unspecified atom stereocenters. The van der Waals surface area contributed by atoms with Crippen molar-refractivity contribution in [1.82, 2.24) is 0 Å². The van der Waals surface area contributed by atoms with Gasteiger partial charge in [-0.2, -0.15) is 0 Å². The summed E-state index contributed by atoms with van der Waals surface area (Å²) in [5, 5.41) is 0. The number of halogens is 1. The van der Waals surface area contributed by atoms with Crippen LogP contribution in [0.15, 0.2) is 18.2 Å². The van der Waals surface area contributed by atoms with Gasteiger partial charge in [-0.05, 0) is 18.6 Å². The molecule has 1 heterocycles. The Hall–Kier alpha value is -1.09. The topological polar surface area (TPSA) is 18.5 Å². The smallest absolute Gasteiger partial charge is 0.130 e. The summed E-state index contributed by atoms with van der Waals surface area (Å²) in [6.07, 6.45) is 3.60. The van der Waals surface area contributed by atoms with Crippen molar-refractivity contribution >= 4 is 0 Å². The molecule has 0 aromatic heterocycles. The van der Waals surface area contributed by atoms with E-state index in [-0.39, 0.29) is 11.9 Å². The highest BCUT2D eigenvalue weighted by atomic mass is 19.1. The Morgan fingerprint density at radius 2 is 2.12 bits per heavy atom. The highest BCUT2D eigenvalue weighted by Gasteiger charge is 2.17. The Labute approximate surface area is 102 Å². The molecule has 0 amide bonds. The minimum atomic E-state index is -0.156. The second kappa shape index (κ2) is 6.01. The first-order chi connectivity index (χ1) is 8.31. The van der Waals surface area contributed by atoms with Crippen molar-refractivity contribution in [3.05, 3.63) is 29.6 Å². The van der Waals surface area contributed by atoms with Gasteiger partial charge in [-0.25, -0.2) is 4.39 Å². The maximum atomic E-state index is 13.7. The molecule has 2 rings (SSSR count). The van der Waals surface area contributed by atoms with Crippen LogP contribution in [0.1, 0.15) is 31.7 Å². The van der Waals surface area contributed by atoms with Gasteiger partial charge in [0.2, 0.25) is 0 Å². The molecule has 0 atom stereocenters. The Morgan fingerprint density at radius 1 is 1.35 bits per heavy atom. The summed E-state index contributed by atoms with van der Waals surface area (Å²) in [4.78, 5) is 0.